The van der Waals surface area contributed by atoms with Crippen molar-refractivity contribution in [2.24, 2.45) is 0 Å². The van der Waals surface area contributed by atoms with E-state index in [1.165, 1.54) is 16.8 Å². The fraction of sp³-hybridized carbons (Fsp3) is 0.400. The van der Waals surface area contributed by atoms with Crippen LogP contribution >= 0.6 is 12.4 Å². The van der Waals surface area contributed by atoms with Crippen molar-refractivity contribution in [1.82, 2.24) is 15.5 Å². The minimum atomic E-state index is 0. The lowest BCUT2D eigenvalue weighted by molar-refractivity contribution is 0.553. The van der Waals surface area contributed by atoms with Crippen molar-refractivity contribution in [2.75, 3.05) is 0 Å². The van der Waals surface area contributed by atoms with Gasteiger partial charge in [-0.15, -0.1) is 12.4 Å². The predicted octanol–water partition coefficient (Wildman–Crippen LogP) is 3.42. The van der Waals surface area contributed by atoms with E-state index in [1.807, 2.05) is 12.3 Å². The Labute approximate surface area is 121 Å². The van der Waals surface area contributed by atoms with E-state index in [2.05, 4.69) is 60.6 Å². The monoisotopic (exact) mass is 279 g/mol. The Hall–Kier alpha value is -1.32. The molecule has 0 bridgehead atoms. The van der Waals surface area contributed by atoms with E-state index in [4.69, 9.17) is 0 Å². The van der Waals surface area contributed by atoms with Crippen molar-refractivity contribution >= 4 is 12.4 Å². The summed E-state index contributed by atoms with van der Waals surface area (Å²) in [6, 6.07) is 10.4. The van der Waals surface area contributed by atoms with Crippen LogP contribution in [-0.2, 0) is 18.5 Å². The van der Waals surface area contributed by atoms with Crippen LogP contribution in [0.4, 0.5) is 0 Å². The molecule has 2 aromatic rings. The number of aromatic amines is 1. The Balaban J connectivity index is 0.00000180. The molecule has 2 rings (SSSR count). The van der Waals surface area contributed by atoms with Gasteiger partial charge >= 0.3 is 0 Å². The van der Waals surface area contributed by atoms with Crippen LogP contribution in [0, 0.1) is 0 Å². The molecule has 19 heavy (non-hydrogen) atoms. The Bertz CT molecular complexity index is 486. The third-order valence-corrected chi connectivity index (χ3v) is 2.96. The van der Waals surface area contributed by atoms with E-state index in [0.29, 0.717) is 0 Å². The quantitative estimate of drug-likeness (QED) is 0.900. The lowest BCUT2D eigenvalue weighted by atomic mass is 9.89. The Morgan fingerprint density at radius 1 is 1.11 bits per heavy atom. The van der Waals surface area contributed by atoms with Gasteiger partial charge in [0, 0.05) is 29.8 Å². The molecule has 1 aromatic heterocycles. The minimum absolute atomic E-state index is 0. The van der Waals surface area contributed by atoms with Crippen LogP contribution in [0.5, 0.6) is 0 Å². The van der Waals surface area contributed by atoms with E-state index in [1.54, 1.807) is 0 Å². The predicted molar refractivity (Wildman–Crippen MR) is 81.5 cm³/mol. The summed E-state index contributed by atoms with van der Waals surface area (Å²) in [5.74, 6) is 0. The van der Waals surface area contributed by atoms with Gasteiger partial charge in [0.15, 0.2) is 0 Å². The van der Waals surface area contributed by atoms with Crippen molar-refractivity contribution in [3.63, 3.8) is 0 Å². The summed E-state index contributed by atoms with van der Waals surface area (Å²) in [5, 5.41) is 10.7. The number of halogens is 1. The Morgan fingerprint density at radius 3 is 2.42 bits per heavy atom. The molecule has 0 saturated carbocycles. The highest BCUT2D eigenvalue weighted by molar-refractivity contribution is 5.85. The summed E-state index contributed by atoms with van der Waals surface area (Å²) >= 11 is 0. The molecule has 0 amide bonds. The molecule has 0 atom stereocenters. The molecule has 0 fully saturated rings. The molecule has 3 nitrogen and oxygen atoms in total. The van der Waals surface area contributed by atoms with E-state index >= 15 is 0 Å². The first kappa shape index (κ1) is 15.7. The standard InChI is InChI=1S/C15H21N3.ClH/c1-15(2,3)14-13(11-17-18-14)10-16-9-12-7-5-4-6-8-12;/h4-8,11,16H,9-10H2,1-3H3,(H,17,18);1H. The zero-order chi connectivity index (χ0) is 13.0. The summed E-state index contributed by atoms with van der Waals surface area (Å²) in [6.07, 6.45) is 1.92. The summed E-state index contributed by atoms with van der Waals surface area (Å²) in [7, 11) is 0. The van der Waals surface area contributed by atoms with Crippen molar-refractivity contribution in [3.8, 4) is 0 Å². The van der Waals surface area contributed by atoms with Gasteiger partial charge in [0.25, 0.3) is 0 Å². The second-order valence-corrected chi connectivity index (χ2v) is 5.61. The second-order valence-electron chi connectivity index (χ2n) is 5.61. The van der Waals surface area contributed by atoms with E-state index in [-0.39, 0.29) is 17.8 Å². The topological polar surface area (TPSA) is 40.7 Å². The van der Waals surface area contributed by atoms with Crippen molar-refractivity contribution in [2.45, 2.75) is 39.3 Å². The van der Waals surface area contributed by atoms with Gasteiger partial charge in [-0.1, -0.05) is 51.1 Å². The number of nitrogens with one attached hydrogen (secondary N) is 2. The molecular formula is C15H22ClN3. The van der Waals surface area contributed by atoms with Crippen LogP contribution in [0.3, 0.4) is 0 Å². The second kappa shape index (κ2) is 6.73. The molecule has 0 aliphatic rings. The molecule has 2 N–H and O–H groups in total. The highest BCUT2D eigenvalue weighted by Crippen LogP contribution is 2.23. The number of rotatable bonds is 4. The Kier molecular flexibility index (Phi) is 5.58. The van der Waals surface area contributed by atoms with Gasteiger partial charge in [-0.05, 0) is 5.56 Å². The number of H-pyrrole nitrogens is 1. The first-order chi connectivity index (χ1) is 8.57. The van der Waals surface area contributed by atoms with Gasteiger partial charge in [-0.3, -0.25) is 5.10 Å². The SMILES string of the molecule is CC(C)(C)c1[nH]ncc1CNCc1ccccc1.Cl. The molecule has 0 aliphatic heterocycles. The molecule has 0 spiro atoms. The molecule has 1 aromatic carbocycles. The molecule has 1 heterocycles. The van der Waals surface area contributed by atoms with E-state index in [9.17, 15) is 0 Å². The molecule has 0 aliphatic carbocycles. The van der Waals surface area contributed by atoms with Crippen LogP contribution in [0.15, 0.2) is 36.5 Å². The van der Waals surface area contributed by atoms with Crippen LogP contribution in [0.25, 0.3) is 0 Å². The Morgan fingerprint density at radius 2 is 1.79 bits per heavy atom. The van der Waals surface area contributed by atoms with Gasteiger partial charge in [0.1, 0.15) is 0 Å². The molecule has 4 heteroatoms. The number of hydrogen-bond donors (Lipinski definition) is 2. The largest absolute Gasteiger partial charge is 0.308 e. The number of hydrogen-bond acceptors (Lipinski definition) is 2. The smallest absolute Gasteiger partial charge is 0.0535 e. The van der Waals surface area contributed by atoms with Crippen LogP contribution in [-0.4, -0.2) is 10.2 Å². The lowest BCUT2D eigenvalue weighted by Crippen LogP contribution is -2.18. The van der Waals surface area contributed by atoms with Crippen LogP contribution in [0.1, 0.15) is 37.6 Å². The maximum Gasteiger partial charge on any atom is 0.0535 e. The van der Waals surface area contributed by atoms with Gasteiger partial charge in [0.2, 0.25) is 0 Å². The molecular weight excluding hydrogens is 258 g/mol. The van der Waals surface area contributed by atoms with Crippen LogP contribution < -0.4 is 5.32 Å². The highest BCUT2D eigenvalue weighted by Gasteiger charge is 2.19. The average Bonchev–Trinajstić information content (AvgIpc) is 2.78. The van der Waals surface area contributed by atoms with Gasteiger partial charge in [-0.25, -0.2) is 0 Å². The van der Waals surface area contributed by atoms with E-state index < -0.39 is 0 Å². The molecule has 104 valence electrons. The normalized spacial score (nSPS) is 11.1. The fourth-order valence-corrected chi connectivity index (χ4v) is 2.03. The van der Waals surface area contributed by atoms with Gasteiger partial charge < -0.3 is 5.32 Å². The fourth-order valence-electron chi connectivity index (χ4n) is 2.03. The summed E-state index contributed by atoms with van der Waals surface area (Å²) < 4.78 is 0. The number of nitrogens with zero attached hydrogens (tertiary/aromatic N) is 1. The maximum absolute atomic E-state index is 4.15. The average molecular weight is 280 g/mol. The van der Waals surface area contributed by atoms with Crippen LogP contribution in [0.2, 0.25) is 0 Å². The zero-order valence-electron chi connectivity index (χ0n) is 11.7. The first-order valence-electron chi connectivity index (χ1n) is 6.35. The van der Waals surface area contributed by atoms with Crippen molar-refractivity contribution in [3.05, 3.63) is 53.3 Å². The zero-order valence-corrected chi connectivity index (χ0v) is 12.6. The summed E-state index contributed by atoms with van der Waals surface area (Å²) in [6.45, 7) is 8.32. The summed E-state index contributed by atoms with van der Waals surface area (Å²) in [4.78, 5) is 0. The minimum Gasteiger partial charge on any atom is -0.308 e. The van der Waals surface area contributed by atoms with Gasteiger partial charge in [-0.2, -0.15) is 5.10 Å². The number of aromatic nitrogens is 2. The highest BCUT2D eigenvalue weighted by atomic mass is 35.5. The van der Waals surface area contributed by atoms with Crippen molar-refractivity contribution in [1.29, 1.82) is 0 Å². The van der Waals surface area contributed by atoms with Crippen molar-refractivity contribution < 1.29 is 0 Å². The summed E-state index contributed by atoms with van der Waals surface area (Å²) in [5.41, 5.74) is 3.88. The van der Waals surface area contributed by atoms with Gasteiger partial charge in [0.05, 0.1) is 6.20 Å². The molecule has 0 radical (unpaired) electrons. The molecule has 0 saturated heterocycles. The maximum atomic E-state index is 4.15. The van der Waals surface area contributed by atoms with E-state index in [0.717, 1.165) is 13.1 Å². The first-order valence-corrected chi connectivity index (χ1v) is 6.35. The third-order valence-electron chi connectivity index (χ3n) is 2.96. The molecule has 0 unspecified atom stereocenters. The number of benzene rings is 1. The lowest BCUT2D eigenvalue weighted by Gasteiger charge is -2.18. The third kappa shape index (κ3) is 4.37.